The summed E-state index contributed by atoms with van der Waals surface area (Å²) in [7, 11) is 0. The second kappa shape index (κ2) is 7.77. The van der Waals surface area contributed by atoms with Gasteiger partial charge in [0.2, 0.25) is 5.95 Å². The van der Waals surface area contributed by atoms with Gasteiger partial charge < -0.3 is 10.3 Å². The summed E-state index contributed by atoms with van der Waals surface area (Å²) in [5.41, 5.74) is 3.49. The van der Waals surface area contributed by atoms with Crippen molar-refractivity contribution in [2.75, 3.05) is 5.32 Å². The van der Waals surface area contributed by atoms with Crippen molar-refractivity contribution in [3.8, 4) is 0 Å². The fourth-order valence-corrected chi connectivity index (χ4v) is 3.57. The van der Waals surface area contributed by atoms with Crippen molar-refractivity contribution >= 4 is 51.2 Å². The average Bonchev–Trinajstić information content (AvgIpc) is 3.08. The van der Waals surface area contributed by atoms with Crippen molar-refractivity contribution in [2.45, 2.75) is 13.0 Å². The summed E-state index contributed by atoms with van der Waals surface area (Å²) in [6.45, 7) is 0.260. The van der Waals surface area contributed by atoms with E-state index in [0.29, 0.717) is 17.9 Å². The summed E-state index contributed by atoms with van der Waals surface area (Å²) < 4.78 is 14.8. The van der Waals surface area contributed by atoms with Crippen LogP contribution < -0.4 is 5.32 Å². The highest BCUT2D eigenvalue weighted by Crippen LogP contribution is 2.22. The van der Waals surface area contributed by atoms with Crippen LogP contribution in [0.25, 0.3) is 11.0 Å². The largest absolute Gasteiger partial charge is 0.350 e. The zero-order chi connectivity index (χ0) is 18.8. The number of halogens is 3. The Morgan fingerprint density at radius 1 is 1.11 bits per heavy atom. The lowest BCUT2D eigenvalue weighted by Gasteiger charge is -2.09. The molecule has 3 aromatic heterocycles. The van der Waals surface area contributed by atoms with E-state index in [-0.39, 0.29) is 11.6 Å². The highest BCUT2D eigenvalue weighted by molar-refractivity contribution is 14.1. The molecule has 8 heteroatoms. The van der Waals surface area contributed by atoms with Crippen molar-refractivity contribution in [3.63, 3.8) is 0 Å². The first-order valence-electron chi connectivity index (χ1n) is 8.21. The summed E-state index contributed by atoms with van der Waals surface area (Å²) in [4.78, 5) is 16.3. The number of rotatable bonds is 5. The van der Waals surface area contributed by atoms with Crippen LogP contribution in [0.15, 0.2) is 48.9 Å². The van der Waals surface area contributed by atoms with E-state index in [4.69, 9.17) is 11.6 Å². The fourth-order valence-electron chi connectivity index (χ4n) is 2.81. The first-order chi connectivity index (χ1) is 13.1. The number of nitrogens with one attached hydrogen (secondary N) is 2. The number of pyridine rings is 1. The van der Waals surface area contributed by atoms with Crippen molar-refractivity contribution in [2.24, 2.45) is 0 Å². The molecule has 0 fully saturated rings. The number of aromatic nitrogens is 4. The van der Waals surface area contributed by atoms with Crippen molar-refractivity contribution in [3.05, 3.63) is 80.2 Å². The molecule has 2 N–H and O–H groups in total. The van der Waals surface area contributed by atoms with Gasteiger partial charge in [-0.1, -0.05) is 23.7 Å². The van der Waals surface area contributed by atoms with Gasteiger partial charge in [-0.05, 0) is 46.4 Å². The van der Waals surface area contributed by atoms with Crippen LogP contribution in [0.4, 0.5) is 10.3 Å². The smallest absolute Gasteiger partial charge is 0.223 e. The number of nitrogens with zero attached hydrogens (tertiary/aromatic N) is 3. The molecule has 4 aromatic rings. The molecule has 0 unspecified atom stereocenters. The molecule has 0 amide bonds. The lowest BCUT2D eigenvalue weighted by molar-refractivity contribution is 0.613. The van der Waals surface area contributed by atoms with Crippen LogP contribution in [0.5, 0.6) is 0 Å². The molecule has 0 saturated carbocycles. The number of anilines is 1. The number of H-pyrrole nitrogens is 1. The van der Waals surface area contributed by atoms with Gasteiger partial charge >= 0.3 is 0 Å². The molecule has 1 aromatic carbocycles. The highest BCUT2D eigenvalue weighted by Gasteiger charge is 2.11. The predicted molar refractivity (Wildman–Crippen MR) is 112 cm³/mol. The van der Waals surface area contributed by atoms with Crippen molar-refractivity contribution in [1.82, 2.24) is 19.9 Å². The minimum Gasteiger partial charge on any atom is -0.350 e. The Kier molecular flexibility index (Phi) is 5.22. The summed E-state index contributed by atoms with van der Waals surface area (Å²) >= 11 is 8.00. The first-order valence-corrected chi connectivity index (χ1v) is 9.66. The van der Waals surface area contributed by atoms with Gasteiger partial charge in [0.25, 0.3) is 0 Å². The van der Waals surface area contributed by atoms with Gasteiger partial charge in [-0.2, -0.15) is 0 Å². The standard InChI is InChI=1S/C19H14ClFIN5/c20-15-5-1-3-11(16(15)21)8-25-19-26-10-13(17(22)27-19)7-12-9-24-18-14(12)4-2-6-23-18/h1-6,9-10H,7-8H2,(H,23,24)(H,25,26,27). The van der Waals surface area contributed by atoms with E-state index in [2.05, 4.69) is 47.8 Å². The molecule has 3 heterocycles. The zero-order valence-corrected chi connectivity index (χ0v) is 16.9. The van der Waals surface area contributed by atoms with Crippen molar-refractivity contribution in [1.29, 1.82) is 0 Å². The molecule has 0 saturated heterocycles. The summed E-state index contributed by atoms with van der Waals surface area (Å²) in [5, 5.41) is 4.24. The van der Waals surface area contributed by atoms with Gasteiger partial charge in [-0.15, -0.1) is 0 Å². The minimum atomic E-state index is -0.425. The molecule has 5 nitrogen and oxygen atoms in total. The van der Waals surface area contributed by atoms with E-state index in [1.807, 2.05) is 18.3 Å². The zero-order valence-electron chi connectivity index (χ0n) is 14.0. The highest BCUT2D eigenvalue weighted by atomic mass is 127. The fraction of sp³-hybridized carbons (Fsp3) is 0.105. The molecule has 0 aliphatic heterocycles. The number of aromatic amines is 1. The van der Waals surface area contributed by atoms with E-state index in [1.54, 1.807) is 24.5 Å². The number of benzene rings is 1. The molecule has 0 bridgehead atoms. The first kappa shape index (κ1) is 18.1. The van der Waals surface area contributed by atoms with E-state index in [1.165, 1.54) is 6.07 Å². The SMILES string of the molecule is Fc1c(Cl)cccc1CNc1ncc(Cc2c[nH]c3ncccc23)c(I)n1. The second-order valence-electron chi connectivity index (χ2n) is 5.97. The van der Waals surface area contributed by atoms with E-state index in [0.717, 1.165) is 25.9 Å². The molecule has 0 atom stereocenters. The predicted octanol–water partition coefficient (Wildman–Crippen LogP) is 4.95. The Morgan fingerprint density at radius 3 is 2.85 bits per heavy atom. The Hall–Kier alpha value is -2.26. The lowest BCUT2D eigenvalue weighted by atomic mass is 10.1. The van der Waals surface area contributed by atoms with Crippen LogP contribution in [-0.2, 0) is 13.0 Å². The van der Waals surface area contributed by atoms with Crippen LogP contribution >= 0.6 is 34.2 Å². The van der Waals surface area contributed by atoms with Gasteiger partial charge in [-0.3, -0.25) is 0 Å². The van der Waals surface area contributed by atoms with Crippen LogP contribution in [0.3, 0.4) is 0 Å². The summed E-state index contributed by atoms with van der Waals surface area (Å²) in [5.74, 6) is 0.0223. The molecular formula is C19H14ClFIN5. The molecule has 0 aliphatic rings. The average molecular weight is 494 g/mol. The molecule has 0 aliphatic carbocycles. The summed E-state index contributed by atoms with van der Waals surface area (Å²) in [6, 6.07) is 8.88. The molecule has 0 spiro atoms. The number of hydrogen-bond acceptors (Lipinski definition) is 4. The topological polar surface area (TPSA) is 66.5 Å². The quantitative estimate of drug-likeness (QED) is 0.305. The number of hydrogen-bond donors (Lipinski definition) is 2. The maximum atomic E-state index is 14.0. The van der Waals surface area contributed by atoms with Gasteiger partial charge in [0.05, 0.1) is 5.02 Å². The maximum Gasteiger partial charge on any atom is 0.223 e. The van der Waals surface area contributed by atoms with Gasteiger partial charge in [-0.25, -0.2) is 19.3 Å². The van der Waals surface area contributed by atoms with Gasteiger partial charge in [0, 0.05) is 48.1 Å². The molecule has 136 valence electrons. The van der Waals surface area contributed by atoms with Crippen LogP contribution in [0, 0.1) is 9.52 Å². The maximum absolute atomic E-state index is 14.0. The normalized spacial score (nSPS) is 11.1. The Balaban J connectivity index is 1.50. The van der Waals surface area contributed by atoms with Crippen molar-refractivity contribution < 1.29 is 4.39 Å². The Bertz CT molecular complexity index is 1110. The van der Waals surface area contributed by atoms with Crippen LogP contribution in [0.1, 0.15) is 16.7 Å². The van der Waals surface area contributed by atoms with Gasteiger partial charge in [0.1, 0.15) is 15.2 Å². The lowest BCUT2D eigenvalue weighted by Crippen LogP contribution is -2.07. The third-order valence-electron chi connectivity index (χ3n) is 4.20. The van der Waals surface area contributed by atoms with E-state index >= 15 is 0 Å². The molecule has 27 heavy (non-hydrogen) atoms. The third-order valence-corrected chi connectivity index (χ3v) is 5.42. The molecular weight excluding hydrogens is 480 g/mol. The van der Waals surface area contributed by atoms with Gasteiger partial charge in [0.15, 0.2) is 0 Å². The molecule has 0 radical (unpaired) electrons. The summed E-state index contributed by atoms with van der Waals surface area (Å²) in [6.07, 6.45) is 6.22. The van der Waals surface area contributed by atoms with Crippen LogP contribution in [0.2, 0.25) is 5.02 Å². The third kappa shape index (κ3) is 3.89. The Morgan fingerprint density at radius 2 is 2.00 bits per heavy atom. The monoisotopic (exact) mass is 493 g/mol. The van der Waals surface area contributed by atoms with E-state index in [9.17, 15) is 4.39 Å². The molecule has 4 rings (SSSR count). The van der Waals surface area contributed by atoms with E-state index < -0.39 is 5.82 Å². The minimum absolute atomic E-state index is 0.105. The second-order valence-corrected chi connectivity index (χ2v) is 7.40. The van der Waals surface area contributed by atoms with Crippen LogP contribution in [-0.4, -0.2) is 19.9 Å². The number of fused-ring (bicyclic) bond motifs is 1. The Labute approximate surface area is 173 Å².